The van der Waals surface area contributed by atoms with Gasteiger partial charge in [0, 0.05) is 26.3 Å². The van der Waals surface area contributed by atoms with E-state index in [1.807, 2.05) is 13.8 Å². The number of nitrogens with zero attached hydrogens (tertiary/aromatic N) is 4. The van der Waals surface area contributed by atoms with E-state index in [4.69, 9.17) is 23.2 Å². The number of aryl methyl sites for hydroxylation is 3. The molecule has 2 rings (SSSR count). The lowest BCUT2D eigenvalue weighted by atomic mass is 10.3. The zero-order valence-corrected chi connectivity index (χ0v) is 13.7. The van der Waals surface area contributed by atoms with Crippen LogP contribution in [-0.2, 0) is 13.6 Å². The zero-order valence-electron chi connectivity index (χ0n) is 12.2. The molecule has 0 aliphatic carbocycles. The highest BCUT2D eigenvalue weighted by Gasteiger charge is 2.17. The molecular weight excluding hydrogens is 313 g/mol. The molecule has 8 heteroatoms. The van der Waals surface area contributed by atoms with Gasteiger partial charge in [0.05, 0.1) is 21.4 Å². The second-order valence-electron chi connectivity index (χ2n) is 4.81. The molecule has 0 spiro atoms. The SMILES string of the molecule is Cc1nn(CCCNC(=O)c2nn(C)c(C)c2Cl)cc1Cl. The quantitative estimate of drug-likeness (QED) is 0.856. The van der Waals surface area contributed by atoms with Crippen LogP contribution in [-0.4, -0.2) is 32.0 Å². The summed E-state index contributed by atoms with van der Waals surface area (Å²) in [6, 6.07) is 0. The molecule has 6 nitrogen and oxygen atoms in total. The van der Waals surface area contributed by atoms with Crippen LogP contribution in [0.25, 0.3) is 0 Å². The van der Waals surface area contributed by atoms with Crippen molar-refractivity contribution in [2.75, 3.05) is 6.54 Å². The maximum Gasteiger partial charge on any atom is 0.273 e. The first-order chi connectivity index (χ1) is 9.90. The molecule has 114 valence electrons. The molecular formula is C13H17Cl2N5O. The Morgan fingerprint density at radius 2 is 2.05 bits per heavy atom. The number of aromatic nitrogens is 4. The summed E-state index contributed by atoms with van der Waals surface area (Å²) in [6.45, 7) is 4.87. The predicted octanol–water partition coefficient (Wildman–Crippen LogP) is 2.36. The van der Waals surface area contributed by atoms with Crippen LogP contribution in [0.1, 0.15) is 28.3 Å². The average Bonchev–Trinajstić information content (AvgIpc) is 2.89. The monoisotopic (exact) mass is 329 g/mol. The van der Waals surface area contributed by atoms with E-state index in [9.17, 15) is 4.79 Å². The molecule has 0 atom stereocenters. The van der Waals surface area contributed by atoms with Crippen LogP contribution in [0.3, 0.4) is 0 Å². The fourth-order valence-electron chi connectivity index (χ4n) is 1.86. The lowest BCUT2D eigenvalue weighted by Gasteiger charge is -2.04. The first-order valence-electron chi connectivity index (χ1n) is 6.57. The molecule has 0 saturated heterocycles. The Labute approximate surface area is 133 Å². The summed E-state index contributed by atoms with van der Waals surface area (Å²) in [7, 11) is 1.75. The van der Waals surface area contributed by atoms with Gasteiger partial charge in [0.2, 0.25) is 0 Å². The number of halogens is 2. The summed E-state index contributed by atoms with van der Waals surface area (Å²) in [5.41, 5.74) is 1.83. The molecule has 2 aromatic heterocycles. The molecule has 0 radical (unpaired) electrons. The van der Waals surface area contributed by atoms with Crippen molar-refractivity contribution in [3.63, 3.8) is 0 Å². The molecule has 1 amide bonds. The highest BCUT2D eigenvalue weighted by atomic mass is 35.5. The van der Waals surface area contributed by atoms with Crippen LogP contribution in [0.4, 0.5) is 0 Å². The smallest absolute Gasteiger partial charge is 0.273 e. The van der Waals surface area contributed by atoms with Gasteiger partial charge in [-0.2, -0.15) is 10.2 Å². The molecule has 0 saturated carbocycles. The van der Waals surface area contributed by atoms with Crippen molar-refractivity contribution >= 4 is 29.1 Å². The molecule has 0 aliphatic rings. The molecule has 0 aliphatic heterocycles. The number of nitrogens with one attached hydrogen (secondary N) is 1. The van der Waals surface area contributed by atoms with Crippen molar-refractivity contribution in [1.82, 2.24) is 24.9 Å². The number of hydrogen-bond acceptors (Lipinski definition) is 3. The van der Waals surface area contributed by atoms with Gasteiger partial charge in [0.25, 0.3) is 5.91 Å². The van der Waals surface area contributed by atoms with Crippen molar-refractivity contribution in [2.24, 2.45) is 7.05 Å². The van der Waals surface area contributed by atoms with E-state index in [2.05, 4.69) is 15.5 Å². The van der Waals surface area contributed by atoms with Crippen LogP contribution >= 0.6 is 23.2 Å². The standard InChI is InChI=1S/C13H17Cl2N5O/c1-8-10(14)7-20(17-8)6-4-5-16-13(21)12-11(15)9(2)19(3)18-12/h7H,4-6H2,1-3H3,(H,16,21). The summed E-state index contributed by atoms with van der Waals surface area (Å²) >= 11 is 12.0. The lowest BCUT2D eigenvalue weighted by Crippen LogP contribution is -2.26. The molecule has 21 heavy (non-hydrogen) atoms. The number of rotatable bonds is 5. The Morgan fingerprint density at radius 3 is 2.57 bits per heavy atom. The fraction of sp³-hybridized carbons (Fsp3) is 0.462. The fourth-order valence-corrected chi connectivity index (χ4v) is 2.26. The van der Waals surface area contributed by atoms with Crippen molar-refractivity contribution in [3.05, 3.63) is 33.3 Å². The first-order valence-corrected chi connectivity index (χ1v) is 7.32. The van der Waals surface area contributed by atoms with E-state index in [-0.39, 0.29) is 11.6 Å². The van der Waals surface area contributed by atoms with Gasteiger partial charge in [0.1, 0.15) is 0 Å². The topological polar surface area (TPSA) is 64.7 Å². The largest absolute Gasteiger partial charge is 0.351 e. The maximum atomic E-state index is 12.0. The van der Waals surface area contributed by atoms with Gasteiger partial charge < -0.3 is 5.32 Å². The Morgan fingerprint density at radius 1 is 1.33 bits per heavy atom. The van der Waals surface area contributed by atoms with E-state index < -0.39 is 0 Å². The van der Waals surface area contributed by atoms with E-state index in [1.54, 1.807) is 22.6 Å². The Hall–Kier alpha value is -1.53. The van der Waals surface area contributed by atoms with Gasteiger partial charge in [-0.15, -0.1) is 0 Å². The number of amides is 1. The number of carbonyl (C=O) groups is 1. The first kappa shape index (κ1) is 15.9. The van der Waals surface area contributed by atoms with Crippen molar-refractivity contribution in [2.45, 2.75) is 26.8 Å². The van der Waals surface area contributed by atoms with Gasteiger partial charge in [-0.05, 0) is 20.3 Å². The second-order valence-corrected chi connectivity index (χ2v) is 5.59. The Balaban J connectivity index is 1.83. The van der Waals surface area contributed by atoms with Crippen LogP contribution < -0.4 is 5.32 Å². The third kappa shape index (κ3) is 3.57. The second kappa shape index (κ2) is 6.49. The summed E-state index contributed by atoms with van der Waals surface area (Å²) in [6.07, 6.45) is 2.52. The maximum absolute atomic E-state index is 12.0. The zero-order chi connectivity index (χ0) is 15.6. The summed E-state index contributed by atoms with van der Waals surface area (Å²) in [5.74, 6) is -0.265. The van der Waals surface area contributed by atoms with E-state index in [0.717, 1.165) is 17.8 Å². The molecule has 1 N–H and O–H groups in total. The van der Waals surface area contributed by atoms with Crippen molar-refractivity contribution < 1.29 is 4.79 Å². The minimum atomic E-state index is -0.265. The van der Waals surface area contributed by atoms with Crippen LogP contribution in [0.15, 0.2) is 6.20 Å². The third-order valence-electron chi connectivity index (χ3n) is 3.21. The highest BCUT2D eigenvalue weighted by molar-refractivity contribution is 6.34. The minimum Gasteiger partial charge on any atom is -0.351 e. The third-order valence-corrected chi connectivity index (χ3v) is 4.04. The minimum absolute atomic E-state index is 0.259. The molecule has 2 heterocycles. The lowest BCUT2D eigenvalue weighted by molar-refractivity contribution is 0.0947. The average molecular weight is 330 g/mol. The van der Waals surface area contributed by atoms with Gasteiger partial charge >= 0.3 is 0 Å². The molecule has 0 fully saturated rings. The molecule has 0 unspecified atom stereocenters. The van der Waals surface area contributed by atoms with Crippen LogP contribution in [0.5, 0.6) is 0 Å². The Bertz CT molecular complexity index is 642. The highest BCUT2D eigenvalue weighted by Crippen LogP contribution is 2.18. The Kier molecular flexibility index (Phi) is 4.90. The molecule has 0 aromatic carbocycles. The van der Waals surface area contributed by atoms with E-state index in [1.165, 1.54) is 0 Å². The summed E-state index contributed by atoms with van der Waals surface area (Å²) < 4.78 is 3.35. The van der Waals surface area contributed by atoms with Gasteiger partial charge in [-0.1, -0.05) is 23.2 Å². The van der Waals surface area contributed by atoms with Gasteiger partial charge in [-0.3, -0.25) is 14.2 Å². The van der Waals surface area contributed by atoms with Crippen molar-refractivity contribution in [3.8, 4) is 0 Å². The van der Waals surface area contributed by atoms with Crippen LogP contribution in [0.2, 0.25) is 10.0 Å². The predicted molar refractivity (Wildman–Crippen MR) is 81.9 cm³/mol. The van der Waals surface area contributed by atoms with Crippen molar-refractivity contribution in [1.29, 1.82) is 0 Å². The number of hydrogen-bond donors (Lipinski definition) is 1. The van der Waals surface area contributed by atoms with Gasteiger partial charge in [0.15, 0.2) is 5.69 Å². The summed E-state index contributed by atoms with van der Waals surface area (Å²) in [5, 5.41) is 12.2. The van der Waals surface area contributed by atoms with Gasteiger partial charge in [-0.25, -0.2) is 0 Å². The molecule has 0 bridgehead atoms. The van der Waals surface area contributed by atoms with E-state index >= 15 is 0 Å². The molecule has 2 aromatic rings. The van der Waals surface area contributed by atoms with Crippen LogP contribution in [0, 0.1) is 13.8 Å². The van der Waals surface area contributed by atoms with E-state index in [0.29, 0.717) is 23.1 Å². The normalized spacial score (nSPS) is 10.9. The summed E-state index contributed by atoms with van der Waals surface area (Å²) in [4.78, 5) is 12.0. The number of carbonyl (C=O) groups excluding carboxylic acids is 1.